The molecule has 4 nitrogen and oxygen atoms in total. The number of fused-ring (bicyclic) bond motifs is 1. The molecule has 0 atom stereocenters. The maximum absolute atomic E-state index is 12.9. The third-order valence-electron chi connectivity index (χ3n) is 3.86. The second-order valence-corrected chi connectivity index (χ2v) is 8.94. The Morgan fingerprint density at radius 2 is 2.15 bits per heavy atom. The van der Waals surface area contributed by atoms with Gasteiger partial charge in [-0.2, -0.15) is 0 Å². The highest BCUT2D eigenvalue weighted by Crippen LogP contribution is 2.34. The number of thiazole rings is 1. The summed E-state index contributed by atoms with van der Waals surface area (Å²) >= 11 is 4.88. The minimum atomic E-state index is -0.0237. The summed E-state index contributed by atoms with van der Waals surface area (Å²) in [5.74, 6) is -0.0237. The molecule has 26 heavy (non-hydrogen) atoms. The van der Waals surface area contributed by atoms with Gasteiger partial charge in [0.15, 0.2) is 5.13 Å². The third-order valence-corrected chi connectivity index (χ3v) is 6.51. The summed E-state index contributed by atoms with van der Waals surface area (Å²) in [7, 11) is 4.18. The molecule has 1 amide bonds. The number of anilines is 1. The first-order chi connectivity index (χ1) is 12.6. The standard InChI is InChI=1S/C19H21N3OS3/c1-21(2)11-12-22(17(23)10-9-14-6-5-13-25-14)19-20-18-15(24-3)7-4-8-16(18)26-19/h4-10,13H,11-12H2,1-3H3/p+1/b10-9+. The van der Waals surface area contributed by atoms with E-state index >= 15 is 0 Å². The quantitative estimate of drug-likeness (QED) is 0.485. The number of para-hydroxylation sites is 1. The Morgan fingerprint density at radius 3 is 2.85 bits per heavy atom. The Labute approximate surface area is 166 Å². The van der Waals surface area contributed by atoms with E-state index in [9.17, 15) is 4.79 Å². The van der Waals surface area contributed by atoms with Crippen molar-refractivity contribution in [2.24, 2.45) is 0 Å². The first-order valence-corrected chi connectivity index (χ1v) is 11.3. The van der Waals surface area contributed by atoms with Crippen molar-refractivity contribution in [1.82, 2.24) is 4.98 Å². The number of benzene rings is 1. The van der Waals surface area contributed by atoms with E-state index in [1.807, 2.05) is 29.7 Å². The molecule has 1 N–H and O–H groups in total. The maximum atomic E-state index is 12.9. The smallest absolute Gasteiger partial charge is 0.253 e. The minimum Gasteiger partial charge on any atom is -0.338 e. The van der Waals surface area contributed by atoms with Crippen LogP contribution < -0.4 is 9.80 Å². The van der Waals surface area contributed by atoms with Crippen molar-refractivity contribution in [2.75, 3.05) is 38.3 Å². The summed E-state index contributed by atoms with van der Waals surface area (Å²) in [6.45, 7) is 1.51. The summed E-state index contributed by atoms with van der Waals surface area (Å²) in [5.41, 5.74) is 0.984. The van der Waals surface area contributed by atoms with E-state index in [0.717, 1.165) is 31.7 Å². The number of hydrogen-bond donors (Lipinski definition) is 1. The van der Waals surface area contributed by atoms with Gasteiger partial charge in [0, 0.05) is 15.8 Å². The van der Waals surface area contributed by atoms with Crippen molar-refractivity contribution in [1.29, 1.82) is 0 Å². The van der Waals surface area contributed by atoms with Crippen LogP contribution in [0.4, 0.5) is 5.13 Å². The predicted octanol–water partition coefficient (Wildman–Crippen LogP) is 3.27. The number of thioether (sulfide) groups is 1. The molecule has 0 spiro atoms. The van der Waals surface area contributed by atoms with Gasteiger partial charge in [-0.05, 0) is 35.9 Å². The van der Waals surface area contributed by atoms with Gasteiger partial charge in [-0.1, -0.05) is 23.5 Å². The van der Waals surface area contributed by atoms with Crippen molar-refractivity contribution in [2.45, 2.75) is 4.90 Å². The number of carbonyl (C=O) groups excluding carboxylic acids is 1. The Morgan fingerprint density at radius 1 is 1.31 bits per heavy atom. The van der Waals surface area contributed by atoms with Crippen LogP contribution in [0.5, 0.6) is 0 Å². The first kappa shape index (κ1) is 19.1. The summed E-state index contributed by atoms with van der Waals surface area (Å²) in [5, 5.41) is 2.78. The van der Waals surface area contributed by atoms with Crippen LogP contribution in [0.25, 0.3) is 16.3 Å². The van der Waals surface area contributed by atoms with Gasteiger partial charge in [-0.25, -0.2) is 4.98 Å². The largest absolute Gasteiger partial charge is 0.338 e. The number of carbonyl (C=O) groups is 1. The summed E-state index contributed by atoms with van der Waals surface area (Å²) in [6, 6.07) is 10.2. The predicted molar refractivity (Wildman–Crippen MR) is 115 cm³/mol. The normalized spacial score (nSPS) is 11.7. The lowest BCUT2D eigenvalue weighted by Gasteiger charge is -2.19. The molecule has 0 aliphatic rings. The zero-order valence-corrected chi connectivity index (χ0v) is 17.5. The lowest BCUT2D eigenvalue weighted by molar-refractivity contribution is -0.856. The summed E-state index contributed by atoms with van der Waals surface area (Å²) in [6.07, 6.45) is 5.58. The topological polar surface area (TPSA) is 37.6 Å². The van der Waals surface area contributed by atoms with Crippen LogP contribution in [-0.2, 0) is 4.79 Å². The van der Waals surface area contributed by atoms with E-state index in [1.165, 1.54) is 4.90 Å². The average molecular weight is 405 g/mol. The van der Waals surface area contributed by atoms with Crippen molar-refractivity contribution in [3.63, 3.8) is 0 Å². The summed E-state index contributed by atoms with van der Waals surface area (Å²) in [4.78, 5) is 23.0. The maximum Gasteiger partial charge on any atom is 0.253 e. The van der Waals surface area contributed by atoms with Crippen molar-refractivity contribution in [3.05, 3.63) is 46.7 Å². The molecule has 0 radical (unpaired) electrons. The number of aromatic nitrogens is 1. The van der Waals surface area contributed by atoms with Gasteiger partial charge < -0.3 is 4.90 Å². The van der Waals surface area contributed by atoms with Gasteiger partial charge in [0.2, 0.25) is 0 Å². The van der Waals surface area contributed by atoms with Gasteiger partial charge in [-0.15, -0.1) is 23.1 Å². The van der Waals surface area contributed by atoms with E-state index in [0.29, 0.717) is 6.54 Å². The van der Waals surface area contributed by atoms with Gasteiger partial charge in [0.1, 0.15) is 0 Å². The molecule has 1 aromatic carbocycles. The van der Waals surface area contributed by atoms with Gasteiger partial charge in [0.05, 0.1) is 37.4 Å². The Bertz CT molecular complexity index is 900. The SMILES string of the molecule is CSc1cccc2sc(N(CC[NH+](C)C)C(=O)/C=C/c3cccs3)nc12. The van der Waals surface area contributed by atoms with E-state index < -0.39 is 0 Å². The molecule has 0 fully saturated rings. The highest BCUT2D eigenvalue weighted by atomic mass is 32.2. The van der Waals surface area contributed by atoms with Crippen LogP contribution in [0, 0.1) is 0 Å². The van der Waals surface area contributed by atoms with Crippen LogP contribution >= 0.6 is 34.4 Å². The first-order valence-electron chi connectivity index (χ1n) is 8.34. The molecule has 3 aromatic rings. The lowest BCUT2D eigenvalue weighted by Crippen LogP contribution is -3.06. The molecule has 0 aliphatic heterocycles. The summed E-state index contributed by atoms with van der Waals surface area (Å²) < 4.78 is 1.11. The van der Waals surface area contributed by atoms with Crippen LogP contribution in [0.3, 0.4) is 0 Å². The second kappa shape index (κ2) is 8.81. The lowest BCUT2D eigenvalue weighted by atomic mass is 10.3. The van der Waals surface area contributed by atoms with Crippen LogP contribution in [-0.4, -0.2) is 44.3 Å². The number of nitrogens with one attached hydrogen (secondary N) is 1. The number of likely N-dealkylation sites (N-methyl/N-ethyl adjacent to an activating group) is 1. The fourth-order valence-corrected chi connectivity index (χ4v) is 4.73. The average Bonchev–Trinajstić information content (AvgIpc) is 3.28. The van der Waals surface area contributed by atoms with Gasteiger partial charge in [0.25, 0.3) is 5.91 Å². The number of rotatable bonds is 7. The highest BCUT2D eigenvalue weighted by molar-refractivity contribution is 7.98. The van der Waals surface area contributed by atoms with E-state index in [1.54, 1.807) is 45.4 Å². The molecule has 0 bridgehead atoms. The van der Waals surface area contributed by atoms with Gasteiger partial charge in [-0.3, -0.25) is 9.69 Å². The van der Waals surface area contributed by atoms with Crippen LogP contribution in [0.1, 0.15) is 4.88 Å². The number of quaternary nitrogens is 1. The minimum absolute atomic E-state index is 0.0237. The monoisotopic (exact) mass is 404 g/mol. The van der Waals surface area contributed by atoms with Crippen LogP contribution in [0.2, 0.25) is 0 Å². The molecule has 0 saturated heterocycles. The molecular weight excluding hydrogens is 382 g/mol. The zero-order valence-electron chi connectivity index (χ0n) is 15.1. The molecule has 2 aromatic heterocycles. The second-order valence-electron chi connectivity index (χ2n) is 6.10. The Balaban J connectivity index is 1.91. The van der Waals surface area contributed by atoms with Gasteiger partial charge >= 0.3 is 0 Å². The van der Waals surface area contributed by atoms with Crippen LogP contribution in [0.15, 0.2) is 46.7 Å². The molecule has 0 aliphatic carbocycles. The Hall–Kier alpha value is -1.67. The van der Waals surface area contributed by atoms with E-state index in [4.69, 9.17) is 4.98 Å². The number of thiophene rings is 1. The molecule has 0 saturated carbocycles. The number of hydrogen-bond acceptors (Lipinski definition) is 5. The molecular formula is C19H22N3OS3+. The molecule has 3 rings (SSSR count). The molecule has 7 heteroatoms. The van der Waals surface area contributed by atoms with Crippen molar-refractivity contribution < 1.29 is 9.69 Å². The third kappa shape index (κ3) is 4.54. The fourth-order valence-electron chi connectivity index (χ4n) is 2.46. The fraction of sp³-hybridized carbons (Fsp3) is 0.263. The zero-order chi connectivity index (χ0) is 18.5. The molecule has 136 valence electrons. The number of amides is 1. The highest BCUT2D eigenvalue weighted by Gasteiger charge is 2.19. The van der Waals surface area contributed by atoms with E-state index in [2.05, 4.69) is 32.5 Å². The van der Waals surface area contributed by atoms with E-state index in [-0.39, 0.29) is 5.91 Å². The van der Waals surface area contributed by atoms with Crippen molar-refractivity contribution in [3.8, 4) is 0 Å². The molecule has 0 unspecified atom stereocenters. The number of nitrogens with zero attached hydrogens (tertiary/aromatic N) is 2. The Kier molecular flexibility index (Phi) is 6.48. The van der Waals surface area contributed by atoms with Crippen molar-refractivity contribution >= 4 is 61.8 Å². The molecule has 2 heterocycles.